The number of carbonyl (C=O) groups excluding carboxylic acids is 1. The lowest BCUT2D eigenvalue weighted by Gasteiger charge is -2.49. The molecular formula is C15H23NO. The minimum absolute atomic E-state index is 0.120. The van der Waals surface area contributed by atoms with Gasteiger partial charge >= 0.3 is 0 Å². The molecule has 0 spiro atoms. The fourth-order valence-corrected chi connectivity index (χ4v) is 4.72. The van der Waals surface area contributed by atoms with E-state index in [1.54, 1.807) is 0 Å². The summed E-state index contributed by atoms with van der Waals surface area (Å²) in [7, 11) is 0. The third kappa shape index (κ3) is 1.42. The Bertz CT molecular complexity index is 333. The highest BCUT2D eigenvalue weighted by Crippen LogP contribution is 2.55. The van der Waals surface area contributed by atoms with Crippen LogP contribution in [0.25, 0.3) is 0 Å². The molecule has 0 atom stereocenters. The number of rotatable bonds is 2. The summed E-state index contributed by atoms with van der Waals surface area (Å²) in [5.74, 6) is 3.26. The molecule has 1 amide bonds. The number of carbonyl (C=O) groups is 1. The topological polar surface area (TPSA) is 20.3 Å². The molecule has 1 heterocycles. The van der Waals surface area contributed by atoms with Crippen LogP contribution < -0.4 is 0 Å². The van der Waals surface area contributed by atoms with E-state index in [1.807, 2.05) is 0 Å². The van der Waals surface area contributed by atoms with Crippen molar-refractivity contribution in [3.63, 3.8) is 0 Å². The molecule has 3 aliphatic carbocycles. The van der Waals surface area contributed by atoms with E-state index in [0.717, 1.165) is 30.8 Å². The lowest BCUT2D eigenvalue weighted by atomic mass is 9.71. The first-order chi connectivity index (χ1) is 8.27. The molecule has 0 unspecified atom stereocenters. The third-order valence-corrected chi connectivity index (χ3v) is 6.21. The molecule has 94 valence electrons. The molecule has 1 saturated heterocycles. The fraction of sp³-hybridized carbons (Fsp3) is 0.933. The van der Waals surface area contributed by atoms with Crippen molar-refractivity contribution in [2.45, 2.75) is 51.4 Å². The van der Waals surface area contributed by atoms with Crippen molar-refractivity contribution in [2.24, 2.45) is 23.2 Å². The molecular weight excluding hydrogens is 210 g/mol. The van der Waals surface area contributed by atoms with Gasteiger partial charge in [-0.3, -0.25) is 4.79 Å². The number of likely N-dealkylation sites (tertiary alicyclic amines) is 1. The summed E-state index contributed by atoms with van der Waals surface area (Å²) in [5.41, 5.74) is 0.120. The van der Waals surface area contributed by atoms with Gasteiger partial charge in [0.05, 0.1) is 0 Å². The van der Waals surface area contributed by atoms with Crippen molar-refractivity contribution in [2.75, 3.05) is 13.1 Å². The molecule has 4 fully saturated rings. The number of nitrogens with zero attached hydrogens (tertiary/aromatic N) is 1. The first-order valence-corrected chi connectivity index (χ1v) is 7.56. The third-order valence-electron chi connectivity index (χ3n) is 6.21. The minimum atomic E-state index is 0.120. The Kier molecular flexibility index (Phi) is 2.13. The number of hydrogen-bond acceptors (Lipinski definition) is 1. The smallest absolute Gasteiger partial charge is 0.228 e. The lowest BCUT2D eigenvalue weighted by molar-refractivity contribution is -0.150. The van der Waals surface area contributed by atoms with E-state index in [0.29, 0.717) is 5.91 Å². The molecule has 2 bridgehead atoms. The van der Waals surface area contributed by atoms with E-state index in [4.69, 9.17) is 0 Å². The van der Waals surface area contributed by atoms with Crippen molar-refractivity contribution >= 4 is 5.91 Å². The monoisotopic (exact) mass is 233 g/mol. The van der Waals surface area contributed by atoms with E-state index in [2.05, 4.69) is 4.90 Å². The van der Waals surface area contributed by atoms with Crippen LogP contribution in [0.2, 0.25) is 0 Å². The highest BCUT2D eigenvalue weighted by atomic mass is 16.2. The van der Waals surface area contributed by atoms with E-state index in [9.17, 15) is 4.79 Å². The summed E-state index contributed by atoms with van der Waals surface area (Å²) in [5, 5.41) is 0. The van der Waals surface area contributed by atoms with Crippen molar-refractivity contribution in [1.82, 2.24) is 4.90 Å². The van der Waals surface area contributed by atoms with Gasteiger partial charge in [0, 0.05) is 18.5 Å². The molecule has 0 aromatic heterocycles. The molecule has 3 saturated carbocycles. The second kappa shape index (κ2) is 3.49. The predicted molar refractivity (Wildman–Crippen MR) is 66.4 cm³/mol. The quantitative estimate of drug-likeness (QED) is 0.718. The van der Waals surface area contributed by atoms with Crippen molar-refractivity contribution in [3.05, 3.63) is 0 Å². The van der Waals surface area contributed by atoms with Crippen LogP contribution in [0.4, 0.5) is 0 Å². The van der Waals surface area contributed by atoms with E-state index in [1.165, 1.54) is 51.4 Å². The zero-order valence-corrected chi connectivity index (χ0v) is 10.7. The number of hydrogen-bond donors (Lipinski definition) is 0. The minimum Gasteiger partial charge on any atom is -0.342 e. The van der Waals surface area contributed by atoms with Crippen LogP contribution in [0.5, 0.6) is 0 Å². The van der Waals surface area contributed by atoms with Crippen molar-refractivity contribution < 1.29 is 4.79 Å². The van der Waals surface area contributed by atoms with E-state index in [-0.39, 0.29) is 5.41 Å². The average Bonchev–Trinajstić information content (AvgIpc) is 2.79. The van der Waals surface area contributed by atoms with Crippen LogP contribution in [0, 0.1) is 23.2 Å². The zero-order valence-electron chi connectivity index (χ0n) is 10.7. The van der Waals surface area contributed by atoms with Gasteiger partial charge in [0.1, 0.15) is 0 Å². The Balaban J connectivity index is 1.38. The standard InChI is InChI=1S/C15H23NO/c17-14(15-6-4-11(8-15)5-7-15)16-9-13(10-16)12-2-1-3-12/h11-13H,1-10H2. The molecule has 1 aliphatic heterocycles. The van der Waals surface area contributed by atoms with Crippen LogP contribution in [0.3, 0.4) is 0 Å². The van der Waals surface area contributed by atoms with Gasteiger partial charge in [0.2, 0.25) is 5.91 Å². The molecule has 0 aromatic rings. The first kappa shape index (κ1) is 10.4. The Morgan fingerprint density at radius 2 is 1.71 bits per heavy atom. The fourth-order valence-electron chi connectivity index (χ4n) is 4.72. The normalized spacial score (nSPS) is 41.4. The molecule has 2 heteroatoms. The summed E-state index contributed by atoms with van der Waals surface area (Å²) in [4.78, 5) is 14.8. The molecule has 0 aromatic carbocycles. The highest BCUT2D eigenvalue weighted by molar-refractivity contribution is 5.84. The van der Waals surface area contributed by atoms with Crippen LogP contribution in [-0.2, 0) is 4.79 Å². The number of amides is 1. The van der Waals surface area contributed by atoms with Gasteiger partial charge in [-0.1, -0.05) is 19.3 Å². The van der Waals surface area contributed by atoms with E-state index < -0.39 is 0 Å². The zero-order chi connectivity index (χ0) is 11.5. The second-order valence-electron chi connectivity index (χ2n) is 7.09. The lowest BCUT2D eigenvalue weighted by Crippen LogP contribution is -2.57. The molecule has 2 nitrogen and oxygen atoms in total. The molecule has 0 radical (unpaired) electrons. The summed E-state index contributed by atoms with van der Waals surface area (Å²) in [6.07, 6.45) is 10.6. The average molecular weight is 233 g/mol. The van der Waals surface area contributed by atoms with Gasteiger partial charge in [-0.15, -0.1) is 0 Å². The van der Waals surface area contributed by atoms with Crippen molar-refractivity contribution in [3.8, 4) is 0 Å². The maximum absolute atomic E-state index is 12.6. The SMILES string of the molecule is O=C(N1CC(C2CCC2)C1)C12CCC(CC1)C2. The Labute approximate surface area is 104 Å². The molecule has 4 rings (SSSR count). The van der Waals surface area contributed by atoms with Crippen LogP contribution >= 0.6 is 0 Å². The first-order valence-electron chi connectivity index (χ1n) is 7.56. The summed E-state index contributed by atoms with van der Waals surface area (Å²) >= 11 is 0. The Morgan fingerprint density at radius 1 is 1.00 bits per heavy atom. The maximum atomic E-state index is 12.6. The van der Waals surface area contributed by atoms with Gasteiger partial charge < -0.3 is 4.90 Å². The highest BCUT2D eigenvalue weighted by Gasteiger charge is 2.53. The van der Waals surface area contributed by atoms with Gasteiger partial charge in [-0.05, 0) is 49.9 Å². The summed E-state index contributed by atoms with van der Waals surface area (Å²) in [6, 6.07) is 0. The summed E-state index contributed by atoms with van der Waals surface area (Å²) in [6.45, 7) is 2.19. The Morgan fingerprint density at radius 3 is 2.18 bits per heavy atom. The van der Waals surface area contributed by atoms with E-state index >= 15 is 0 Å². The van der Waals surface area contributed by atoms with Crippen LogP contribution in [0.1, 0.15) is 51.4 Å². The second-order valence-corrected chi connectivity index (χ2v) is 7.09. The largest absolute Gasteiger partial charge is 0.342 e. The number of fused-ring (bicyclic) bond motifs is 2. The molecule has 4 aliphatic rings. The molecule has 17 heavy (non-hydrogen) atoms. The van der Waals surface area contributed by atoms with Gasteiger partial charge in [0.25, 0.3) is 0 Å². The molecule has 0 N–H and O–H groups in total. The van der Waals surface area contributed by atoms with Crippen molar-refractivity contribution in [1.29, 1.82) is 0 Å². The predicted octanol–water partition coefficient (Wildman–Crippen LogP) is 2.83. The van der Waals surface area contributed by atoms with Gasteiger partial charge in [0.15, 0.2) is 0 Å². The van der Waals surface area contributed by atoms with Crippen LogP contribution in [-0.4, -0.2) is 23.9 Å². The summed E-state index contributed by atoms with van der Waals surface area (Å²) < 4.78 is 0. The van der Waals surface area contributed by atoms with Gasteiger partial charge in [-0.25, -0.2) is 0 Å². The van der Waals surface area contributed by atoms with Gasteiger partial charge in [-0.2, -0.15) is 0 Å². The Hall–Kier alpha value is -0.530. The maximum Gasteiger partial charge on any atom is 0.228 e. The van der Waals surface area contributed by atoms with Crippen LogP contribution in [0.15, 0.2) is 0 Å².